The summed E-state index contributed by atoms with van der Waals surface area (Å²) in [5, 5.41) is 5.84. The van der Waals surface area contributed by atoms with Crippen LogP contribution in [-0.2, 0) is 0 Å². The average Bonchev–Trinajstić information content (AvgIpc) is 3.06. The van der Waals surface area contributed by atoms with E-state index >= 15 is 0 Å². The monoisotopic (exact) mass is 238 g/mol. The van der Waals surface area contributed by atoms with Crippen molar-refractivity contribution in [3.05, 3.63) is 32.6 Å². The lowest BCUT2D eigenvalue weighted by Crippen LogP contribution is -2.35. The van der Waals surface area contributed by atoms with E-state index in [2.05, 4.69) is 15.6 Å². The third kappa shape index (κ3) is 3.56. The molecular weight excluding hydrogens is 224 g/mol. The van der Waals surface area contributed by atoms with Gasteiger partial charge in [0, 0.05) is 25.2 Å². The highest BCUT2D eigenvalue weighted by Crippen LogP contribution is 2.17. The van der Waals surface area contributed by atoms with Crippen molar-refractivity contribution in [2.24, 2.45) is 0 Å². The Morgan fingerprint density at radius 2 is 2.06 bits per heavy atom. The van der Waals surface area contributed by atoms with Crippen LogP contribution >= 0.6 is 0 Å². The Kier molecular flexibility index (Phi) is 3.38. The van der Waals surface area contributed by atoms with Crippen molar-refractivity contribution in [1.82, 2.24) is 20.6 Å². The van der Waals surface area contributed by atoms with E-state index in [4.69, 9.17) is 0 Å². The van der Waals surface area contributed by atoms with Crippen molar-refractivity contribution in [3.8, 4) is 0 Å². The Bertz CT molecular complexity index is 487. The minimum Gasteiger partial charge on any atom is -0.349 e. The van der Waals surface area contributed by atoms with Crippen molar-refractivity contribution >= 4 is 5.91 Å². The quantitative estimate of drug-likeness (QED) is 0.470. The third-order valence-corrected chi connectivity index (χ3v) is 2.43. The second kappa shape index (κ2) is 4.96. The van der Waals surface area contributed by atoms with Crippen molar-refractivity contribution in [2.75, 3.05) is 13.1 Å². The van der Waals surface area contributed by atoms with Crippen molar-refractivity contribution in [2.45, 2.75) is 18.9 Å². The van der Waals surface area contributed by atoms with Crippen molar-refractivity contribution in [1.29, 1.82) is 0 Å². The van der Waals surface area contributed by atoms with Crippen LogP contribution in [0.1, 0.15) is 23.3 Å². The molecule has 1 amide bonds. The lowest BCUT2D eigenvalue weighted by molar-refractivity contribution is 0.0948. The molecule has 7 heteroatoms. The smallest absolute Gasteiger partial charge is 0.326 e. The Hall–Kier alpha value is -1.89. The summed E-state index contributed by atoms with van der Waals surface area (Å²) in [6, 6.07) is 1.65. The molecule has 2 rings (SSSR count). The van der Waals surface area contributed by atoms with E-state index in [1.807, 2.05) is 4.98 Å². The molecule has 4 N–H and O–H groups in total. The number of carbonyl (C=O) groups excluding carboxylic acids is 1. The summed E-state index contributed by atoms with van der Waals surface area (Å²) in [6.45, 7) is 1.15. The Balaban J connectivity index is 1.85. The zero-order valence-corrected chi connectivity index (χ0v) is 9.21. The summed E-state index contributed by atoms with van der Waals surface area (Å²) < 4.78 is 0. The maximum atomic E-state index is 11.5. The van der Waals surface area contributed by atoms with Crippen LogP contribution in [0.2, 0.25) is 0 Å². The average molecular weight is 238 g/mol. The third-order valence-electron chi connectivity index (χ3n) is 2.43. The number of hydrogen-bond acceptors (Lipinski definition) is 4. The molecule has 1 aliphatic carbocycles. The lowest BCUT2D eigenvalue weighted by atomic mass is 10.4. The summed E-state index contributed by atoms with van der Waals surface area (Å²) in [7, 11) is 0. The van der Waals surface area contributed by atoms with E-state index in [-0.39, 0.29) is 5.69 Å². The Morgan fingerprint density at radius 1 is 1.29 bits per heavy atom. The van der Waals surface area contributed by atoms with Gasteiger partial charge in [0.25, 0.3) is 11.5 Å². The largest absolute Gasteiger partial charge is 0.349 e. The lowest BCUT2D eigenvalue weighted by Gasteiger charge is -2.05. The van der Waals surface area contributed by atoms with E-state index in [1.54, 1.807) is 0 Å². The number of aromatic nitrogens is 2. The molecule has 92 valence electrons. The minimum atomic E-state index is -0.682. The first-order valence-corrected chi connectivity index (χ1v) is 5.50. The van der Waals surface area contributed by atoms with Crippen molar-refractivity contribution in [3.63, 3.8) is 0 Å². The van der Waals surface area contributed by atoms with Crippen molar-refractivity contribution < 1.29 is 4.79 Å². The van der Waals surface area contributed by atoms with Crippen LogP contribution in [0.15, 0.2) is 15.7 Å². The van der Waals surface area contributed by atoms with Crippen LogP contribution in [0, 0.1) is 0 Å². The molecule has 1 aliphatic rings. The Morgan fingerprint density at radius 3 is 2.71 bits per heavy atom. The SMILES string of the molecule is O=C(NCCNC1CC1)c1cc(=O)[nH]c(=O)[nH]1. The molecule has 0 spiro atoms. The molecule has 1 fully saturated rings. The van der Waals surface area contributed by atoms with E-state index in [9.17, 15) is 14.4 Å². The first-order valence-electron chi connectivity index (χ1n) is 5.50. The van der Waals surface area contributed by atoms with Gasteiger partial charge < -0.3 is 15.6 Å². The summed E-state index contributed by atoms with van der Waals surface area (Å²) >= 11 is 0. The predicted octanol–water partition coefficient (Wildman–Crippen LogP) is -1.45. The van der Waals surface area contributed by atoms with E-state index in [1.165, 1.54) is 12.8 Å². The molecule has 1 saturated carbocycles. The molecule has 0 radical (unpaired) electrons. The fourth-order valence-electron chi connectivity index (χ4n) is 1.43. The van der Waals surface area contributed by atoms with Gasteiger partial charge in [0.15, 0.2) is 0 Å². The highest BCUT2D eigenvalue weighted by Gasteiger charge is 2.19. The zero-order valence-electron chi connectivity index (χ0n) is 9.21. The van der Waals surface area contributed by atoms with Gasteiger partial charge in [0.2, 0.25) is 0 Å². The van der Waals surface area contributed by atoms with Gasteiger partial charge in [-0.05, 0) is 12.8 Å². The van der Waals surface area contributed by atoms with Crippen LogP contribution in [0.5, 0.6) is 0 Å². The molecular formula is C10H14N4O3. The fraction of sp³-hybridized carbons (Fsp3) is 0.500. The highest BCUT2D eigenvalue weighted by molar-refractivity contribution is 5.91. The minimum absolute atomic E-state index is 0.0230. The number of aromatic amines is 2. The molecule has 7 nitrogen and oxygen atoms in total. The molecule has 1 heterocycles. The van der Waals surface area contributed by atoms with Gasteiger partial charge in [-0.15, -0.1) is 0 Å². The fourth-order valence-corrected chi connectivity index (χ4v) is 1.43. The summed E-state index contributed by atoms with van der Waals surface area (Å²) in [5.74, 6) is -0.453. The van der Waals surface area contributed by atoms with Crippen LogP contribution in [0.25, 0.3) is 0 Å². The van der Waals surface area contributed by atoms with E-state index in [0.717, 1.165) is 6.07 Å². The number of carbonyl (C=O) groups is 1. The normalized spacial score (nSPS) is 14.6. The molecule has 0 aromatic carbocycles. The number of rotatable bonds is 5. The van der Waals surface area contributed by atoms with Gasteiger partial charge in [-0.2, -0.15) is 0 Å². The van der Waals surface area contributed by atoms with E-state index in [0.29, 0.717) is 19.1 Å². The van der Waals surface area contributed by atoms with Gasteiger partial charge in [-0.1, -0.05) is 0 Å². The molecule has 0 unspecified atom stereocenters. The Labute approximate surface area is 96.6 Å². The predicted molar refractivity (Wildman–Crippen MR) is 61.0 cm³/mol. The number of H-pyrrole nitrogens is 2. The van der Waals surface area contributed by atoms with Gasteiger partial charge in [0.1, 0.15) is 5.69 Å². The maximum Gasteiger partial charge on any atom is 0.326 e. The van der Waals surface area contributed by atoms with Crippen LogP contribution in [-0.4, -0.2) is 35.0 Å². The zero-order chi connectivity index (χ0) is 12.3. The number of hydrogen-bond donors (Lipinski definition) is 4. The molecule has 0 bridgehead atoms. The maximum absolute atomic E-state index is 11.5. The first-order chi connectivity index (χ1) is 8.15. The molecule has 0 atom stereocenters. The summed E-state index contributed by atoms with van der Waals surface area (Å²) in [6.07, 6.45) is 2.38. The second-order valence-corrected chi connectivity index (χ2v) is 3.99. The summed E-state index contributed by atoms with van der Waals surface area (Å²) in [5.41, 5.74) is -1.29. The molecule has 1 aromatic heterocycles. The van der Waals surface area contributed by atoms with Crippen LogP contribution in [0.4, 0.5) is 0 Å². The van der Waals surface area contributed by atoms with Gasteiger partial charge in [-0.25, -0.2) is 4.79 Å². The molecule has 1 aromatic rings. The molecule has 0 aliphatic heterocycles. The molecule has 0 saturated heterocycles. The topological polar surface area (TPSA) is 107 Å². The van der Waals surface area contributed by atoms with Crippen LogP contribution in [0.3, 0.4) is 0 Å². The number of amides is 1. The first kappa shape index (κ1) is 11.6. The number of nitrogens with one attached hydrogen (secondary N) is 4. The van der Waals surface area contributed by atoms with Gasteiger partial charge >= 0.3 is 5.69 Å². The standard InChI is InChI=1S/C10H14N4O3/c15-8-5-7(13-10(17)14-8)9(16)12-4-3-11-6-1-2-6/h5-6,11H,1-4H2,(H,12,16)(H2,13,14,15,17). The highest BCUT2D eigenvalue weighted by atomic mass is 16.2. The second-order valence-electron chi connectivity index (χ2n) is 3.99. The molecule has 17 heavy (non-hydrogen) atoms. The summed E-state index contributed by atoms with van der Waals surface area (Å²) in [4.78, 5) is 37.7. The van der Waals surface area contributed by atoms with Gasteiger partial charge in [-0.3, -0.25) is 14.6 Å². The van der Waals surface area contributed by atoms with E-state index < -0.39 is 17.2 Å². The van der Waals surface area contributed by atoms with Crippen LogP contribution < -0.4 is 21.9 Å². The van der Waals surface area contributed by atoms with Gasteiger partial charge in [0.05, 0.1) is 0 Å².